The standard InChI is InChI=1S/C16H20F3N5O2/c17-16(18,19)12-7-13(22-9-21-12)24-5-3-11(4-6-24)23-15(26)10-1-2-14(25)20-8-10/h7,9-11H,1-6,8H2,(H,20,25)(H,23,26). The van der Waals surface area contributed by atoms with E-state index in [0.29, 0.717) is 45.3 Å². The number of hydrogen-bond acceptors (Lipinski definition) is 5. The quantitative estimate of drug-likeness (QED) is 0.831. The molecule has 7 nitrogen and oxygen atoms in total. The van der Waals surface area contributed by atoms with Crippen LogP contribution in [0.2, 0.25) is 0 Å². The van der Waals surface area contributed by atoms with Gasteiger partial charge in [-0.1, -0.05) is 0 Å². The molecule has 1 aromatic rings. The fraction of sp³-hybridized carbons (Fsp3) is 0.625. The number of nitrogens with zero attached hydrogens (tertiary/aromatic N) is 3. The molecule has 26 heavy (non-hydrogen) atoms. The smallest absolute Gasteiger partial charge is 0.356 e. The number of anilines is 1. The van der Waals surface area contributed by atoms with Crippen molar-refractivity contribution in [1.29, 1.82) is 0 Å². The molecule has 2 N–H and O–H groups in total. The minimum atomic E-state index is -4.50. The number of piperidine rings is 2. The first-order valence-electron chi connectivity index (χ1n) is 8.54. The average Bonchev–Trinajstić information content (AvgIpc) is 2.62. The molecule has 0 aliphatic carbocycles. The summed E-state index contributed by atoms with van der Waals surface area (Å²) >= 11 is 0. The highest BCUT2D eigenvalue weighted by atomic mass is 19.4. The monoisotopic (exact) mass is 371 g/mol. The number of halogens is 3. The minimum absolute atomic E-state index is 0.0275. The molecule has 3 rings (SSSR count). The lowest BCUT2D eigenvalue weighted by atomic mass is 9.97. The van der Waals surface area contributed by atoms with Crippen molar-refractivity contribution < 1.29 is 22.8 Å². The van der Waals surface area contributed by atoms with Crippen LogP contribution in [0.1, 0.15) is 31.4 Å². The van der Waals surface area contributed by atoms with Crippen molar-refractivity contribution in [3.8, 4) is 0 Å². The average molecular weight is 371 g/mol. The van der Waals surface area contributed by atoms with Crippen LogP contribution in [0.4, 0.5) is 19.0 Å². The summed E-state index contributed by atoms with van der Waals surface area (Å²) in [4.78, 5) is 32.4. The number of carbonyl (C=O) groups is 2. The minimum Gasteiger partial charge on any atom is -0.356 e. The first-order valence-corrected chi connectivity index (χ1v) is 8.54. The molecule has 0 bridgehead atoms. The Balaban J connectivity index is 1.51. The topological polar surface area (TPSA) is 87.2 Å². The third kappa shape index (κ3) is 4.41. The van der Waals surface area contributed by atoms with Gasteiger partial charge in [-0.25, -0.2) is 9.97 Å². The molecule has 10 heteroatoms. The molecule has 2 aliphatic heterocycles. The molecule has 0 spiro atoms. The van der Waals surface area contributed by atoms with Crippen molar-refractivity contribution in [3.05, 3.63) is 18.1 Å². The summed E-state index contributed by atoms with van der Waals surface area (Å²) in [5.74, 6) is -0.0932. The van der Waals surface area contributed by atoms with Crippen molar-refractivity contribution in [2.75, 3.05) is 24.5 Å². The zero-order chi connectivity index (χ0) is 18.7. The van der Waals surface area contributed by atoms with Crippen LogP contribution >= 0.6 is 0 Å². The first-order chi connectivity index (χ1) is 12.3. The summed E-state index contributed by atoms with van der Waals surface area (Å²) in [5.41, 5.74) is -0.961. The van der Waals surface area contributed by atoms with Crippen molar-refractivity contribution in [2.45, 2.75) is 37.9 Å². The van der Waals surface area contributed by atoms with Crippen molar-refractivity contribution >= 4 is 17.6 Å². The fourth-order valence-electron chi connectivity index (χ4n) is 3.20. The maximum absolute atomic E-state index is 12.8. The van der Waals surface area contributed by atoms with Gasteiger partial charge in [0, 0.05) is 38.2 Å². The van der Waals surface area contributed by atoms with Gasteiger partial charge in [0.2, 0.25) is 11.8 Å². The Morgan fingerprint density at radius 3 is 2.58 bits per heavy atom. The molecule has 1 aromatic heterocycles. The Morgan fingerprint density at radius 1 is 1.23 bits per heavy atom. The van der Waals surface area contributed by atoms with E-state index in [9.17, 15) is 22.8 Å². The molecule has 1 unspecified atom stereocenters. The number of nitrogens with one attached hydrogen (secondary N) is 2. The third-order valence-corrected chi connectivity index (χ3v) is 4.74. The van der Waals surface area contributed by atoms with Crippen LogP contribution < -0.4 is 15.5 Å². The van der Waals surface area contributed by atoms with Gasteiger partial charge in [0.05, 0.1) is 5.92 Å². The van der Waals surface area contributed by atoms with E-state index in [2.05, 4.69) is 20.6 Å². The number of rotatable bonds is 3. The fourth-order valence-corrected chi connectivity index (χ4v) is 3.20. The van der Waals surface area contributed by atoms with Gasteiger partial charge in [0.15, 0.2) is 0 Å². The molecule has 2 saturated heterocycles. The van der Waals surface area contributed by atoms with Crippen LogP contribution in [0, 0.1) is 5.92 Å². The summed E-state index contributed by atoms with van der Waals surface area (Å²) in [6.07, 6.45) is -1.45. The predicted octanol–water partition coefficient (Wildman–Crippen LogP) is 1.11. The maximum atomic E-state index is 12.8. The number of aromatic nitrogens is 2. The van der Waals surface area contributed by atoms with E-state index in [1.54, 1.807) is 4.90 Å². The summed E-state index contributed by atoms with van der Waals surface area (Å²) < 4.78 is 38.3. The molecule has 2 amide bonds. The highest BCUT2D eigenvalue weighted by Crippen LogP contribution is 2.29. The van der Waals surface area contributed by atoms with Crippen LogP contribution in [0.5, 0.6) is 0 Å². The lowest BCUT2D eigenvalue weighted by Gasteiger charge is -2.34. The maximum Gasteiger partial charge on any atom is 0.433 e. The van der Waals surface area contributed by atoms with Gasteiger partial charge in [0.1, 0.15) is 17.8 Å². The summed E-state index contributed by atoms with van der Waals surface area (Å²) in [5, 5.41) is 5.66. The second kappa shape index (κ2) is 7.46. The van der Waals surface area contributed by atoms with Crippen LogP contribution in [-0.2, 0) is 15.8 Å². The predicted molar refractivity (Wildman–Crippen MR) is 86.1 cm³/mol. The van der Waals surface area contributed by atoms with E-state index in [4.69, 9.17) is 0 Å². The van der Waals surface area contributed by atoms with Gasteiger partial charge < -0.3 is 15.5 Å². The normalized spacial score (nSPS) is 22.0. The zero-order valence-corrected chi connectivity index (χ0v) is 14.1. The molecule has 2 fully saturated rings. The van der Waals surface area contributed by atoms with Crippen molar-refractivity contribution in [3.63, 3.8) is 0 Å². The van der Waals surface area contributed by atoms with E-state index < -0.39 is 11.9 Å². The number of carbonyl (C=O) groups excluding carboxylic acids is 2. The molecular formula is C16H20F3N5O2. The lowest BCUT2D eigenvalue weighted by molar-refractivity contribution is -0.141. The van der Waals surface area contributed by atoms with Crippen LogP contribution in [0.15, 0.2) is 12.4 Å². The zero-order valence-electron chi connectivity index (χ0n) is 14.1. The Kier molecular flexibility index (Phi) is 5.28. The van der Waals surface area contributed by atoms with E-state index >= 15 is 0 Å². The highest BCUT2D eigenvalue weighted by molar-refractivity contribution is 5.83. The molecule has 142 valence electrons. The van der Waals surface area contributed by atoms with E-state index in [0.717, 1.165) is 12.4 Å². The van der Waals surface area contributed by atoms with Gasteiger partial charge in [-0.05, 0) is 19.3 Å². The molecule has 2 aliphatic rings. The lowest BCUT2D eigenvalue weighted by Crippen LogP contribution is -2.49. The number of hydrogen-bond donors (Lipinski definition) is 2. The van der Waals surface area contributed by atoms with Gasteiger partial charge in [-0.3, -0.25) is 9.59 Å². The Hall–Kier alpha value is -2.39. The number of amides is 2. The Labute approximate surface area is 148 Å². The van der Waals surface area contributed by atoms with Crippen molar-refractivity contribution in [1.82, 2.24) is 20.6 Å². The number of alkyl halides is 3. The van der Waals surface area contributed by atoms with E-state index in [1.165, 1.54) is 0 Å². The molecule has 0 saturated carbocycles. The molecule has 1 atom stereocenters. The largest absolute Gasteiger partial charge is 0.433 e. The van der Waals surface area contributed by atoms with Crippen LogP contribution in [0.25, 0.3) is 0 Å². The second-order valence-corrected chi connectivity index (χ2v) is 6.57. The molecule has 3 heterocycles. The van der Waals surface area contributed by atoms with E-state index in [-0.39, 0.29) is 29.6 Å². The van der Waals surface area contributed by atoms with Gasteiger partial charge in [-0.2, -0.15) is 13.2 Å². The SMILES string of the molecule is O=C1CCC(C(=O)NC2CCN(c3cc(C(F)(F)F)ncn3)CC2)CN1. The van der Waals surface area contributed by atoms with Crippen LogP contribution in [-0.4, -0.2) is 47.5 Å². The van der Waals surface area contributed by atoms with Gasteiger partial charge in [0.25, 0.3) is 0 Å². The molecule has 0 aromatic carbocycles. The van der Waals surface area contributed by atoms with Crippen LogP contribution in [0.3, 0.4) is 0 Å². The Morgan fingerprint density at radius 2 is 1.96 bits per heavy atom. The summed E-state index contributed by atoms with van der Waals surface area (Å²) in [6, 6.07) is 0.921. The summed E-state index contributed by atoms with van der Waals surface area (Å²) in [6.45, 7) is 1.35. The first kappa shape index (κ1) is 18.4. The van der Waals surface area contributed by atoms with Crippen molar-refractivity contribution in [2.24, 2.45) is 5.92 Å². The molecule has 0 radical (unpaired) electrons. The highest BCUT2D eigenvalue weighted by Gasteiger charge is 2.34. The van der Waals surface area contributed by atoms with Gasteiger partial charge in [-0.15, -0.1) is 0 Å². The third-order valence-electron chi connectivity index (χ3n) is 4.74. The summed E-state index contributed by atoms with van der Waals surface area (Å²) in [7, 11) is 0. The second-order valence-electron chi connectivity index (χ2n) is 6.57. The molecular weight excluding hydrogens is 351 g/mol. The van der Waals surface area contributed by atoms with E-state index in [1.807, 2.05) is 0 Å². The van der Waals surface area contributed by atoms with Gasteiger partial charge >= 0.3 is 6.18 Å². The Bertz CT molecular complexity index is 664.